The zero-order chi connectivity index (χ0) is 21.9. The van der Waals surface area contributed by atoms with E-state index in [0.717, 1.165) is 49.3 Å². The molecule has 1 aliphatic carbocycles. The molecule has 1 atom stereocenters. The molecule has 1 saturated heterocycles. The zero-order valence-corrected chi connectivity index (χ0v) is 18.6. The quantitative estimate of drug-likeness (QED) is 0.649. The minimum Gasteiger partial charge on any atom is -0.350 e. The van der Waals surface area contributed by atoms with E-state index in [1.54, 1.807) is 17.1 Å². The van der Waals surface area contributed by atoms with Crippen LogP contribution in [-0.4, -0.2) is 43.4 Å². The number of fused-ring (bicyclic) bond motifs is 1. The Kier molecular flexibility index (Phi) is 5.99. The molecule has 5 rings (SSSR count). The van der Waals surface area contributed by atoms with E-state index in [4.69, 9.17) is 4.98 Å². The minimum absolute atomic E-state index is 0.00193. The van der Waals surface area contributed by atoms with Crippen LogP contribution in [0.1, 0.15) is 59.8 Å². The van der Waals surface area contributed by atoms with Gasteiger partial charge in [0.1, 0.15) is 12.4 Å². The number of aryl methyl sites for hydroxylation is 3. The van der Waals surface area contributed by atoms with E-state index in [1.807, 2.05) is 19.2 Å². The molecule has 0 radical (unpaired) electrons. The van der Waals surface area contributed by atoms with Crippen molar-refractivity contribution in [1.29, 1.82) is 0 Å². The van der Waals surface area contributed by atoms with Gasteiger partial charge in [-0.05, 0) is 74.9 Å². The molecule has 0 bridgehead atoms. The number of imidazole rings is 1. The van der Waals surface area contributed by atoms with Gasteiger partial charge >= 0.3 is 0 Å². The molecule has 2 aromatic heterocycles. The van der Waals surface area contributed by atoms with Crippen LogP contribution < -0.4 is 5.32 Å². The fraction of sp³-hybridized carbons (Fsp3) is 0.440. The first kappa shape index (κ1) is 20.8. The lowest BCUT2D eigenvalue weighted by Gasteiger charge is -2.33. The van der Waals surface area contributed by atoms with Crippen LogP contribution in [0.2, 0.25) is 0 Å². The molecule has 1 aromatic carbocycles. The van der Waals surface area contributed by atoms with Crippen LogP contribution in [0.25, 0.3) is 5.95 Å². The number of hydrogen-bond donors (Lipinski definition) is 1. The largest absolute Gasteiger partial charge is 0.350 e. The maximum Gasteiger partial charge on any atom is 0.243 e. The van der Waals surface area contributed by atoms with Crippen molar-refractivity contribution >= 4 is 5.91 Å². The van der Waals surface area contributed by atoms with Gasteiger partial charge in [0.25, 0.3) is 0 Å². The molecule has 1 aliphatic heterocycles. The smallest absolute Gasteiger partial charge is 0.243 e. The highest BCUT2D eigenvalue weighted by molar-refractivity contribution is 5.82. The Labute approximate surface area is 188 Å². The van der Waals surface area contributed by atoms with Gasteiger partial charge in [-0.25, -0.2) is 15.0 Å². The fourth-order valence-corrected chi connectivity index (χ4v) is 4.89. The number of benzene rings is 1. The van der Waals surface area contributed by atoms with E-state index in [0.29, 0.717) is 12.5 Å². The van der Waals surface area contributed by atoms with Gasteiger partial charge < -0.3 is 5.32 Å². The Balaban J connectivity index is 1.40. The number of carbonyl (C=O) groups excluding carboxylic acids is 1. The molecular formula is C25H30N6O. The van der Waals surface area contributed by atoms with E-state index in [9.17, 15) is 4.79 Å². The average molecular weight is 431 g/mol. The van der Waals surface area contributed by atoms with Gasteiger partial charge in [0.15, 0.2) is 0 Å². The van der Waals surface area contributed by atoms with Crippen molar-refractivity contribution in [1.82, 2.24) is 29.7 Å². The van der Waals surface area contributed by atoms with Crippen LogP contribution >= 0.6 is 0 Å². The standard InChI is InChI=1S/C25H30N6O/c1-18-14-22(29-25(28-18)31-13-10-26-17-31)23(30-11-3-2-4-12-30)24(32)27-16-19-8-9-20-6-5-7-21(20)15-19/h8-10,13-15,17,23H,2-7,11-12,16H2,1H3,(H,27,32). The predicted octanol–water partition coefficient (Wildman–Crippen LogP) is 3.30. The van der Waals surface area contributed by atoms with Gasteiger partial charge in [-0.3, -0.25) is 14.3 Å². The second kappa shape index (κ2) is 9.20. The number of amides is 1. The van der Waals surface area contributed by atoms with Gasteiger partial charge in [-0.15, -0.1) is 0 Å². The van der Waals surface area contributed by atoms with E-state index in [2.05, 4.69) is 38.4 Å². The van der Waals surface area contributed by atoms with Crippen LogP contribution in [-0.2, 0) is 24.2 Å². The van der Waals surface area contributed by atoms with Crippen LogP contribution in [0, 0.1) is 6.92 Å². The minimum atomic E-state index is -0.423. The van der Waals surface area contributed by atoms with Gasteiger partial charge in [-0.1, -0.05) is 24.6 Å². The summed E-state index contributed by atoms with van der Waals surface area (Å²) in [7, 11) is 0. The van der Waals surface area contributed by atoms with E-state index >= 15 is 0 Å². The molecule has 7 heteroatoms. The highest BCUT2D eigenvalue weighted by atomic mass is 16.2. The number of hydrogen-bond acceptors (Lipinski definition) is 5. The second-order valence-corrected chi connectivity index (χ2v) is 8.88. The first-order valence-corrected chi connectivity index (χ1v) is 11.6. The summed E-state index contributed by atoms with van der Waals surface area (Å²) in [5, 5.41) is 3.20. The molecule has 32 heavy (non-hydrogen) atoms. The van der Waals surface area contributed by atoms with E-state index in [-0.39, 0.29) is 5.91 Å². The molecule has 0 spiro atoms. The summed E-state index contributed by atoms with van der Waals surface area (Å²) in [6.07, 6.45) is 12.2. The summed E-state index contributed by atoms with van der Waals surface area (Å²) >= 11 is 0. The molecule has 1 N–H and O–H groups in total. The fourth-order valence-electron chi connectivity index (χ4n) is 4.89. The second-order valence-electron chi connectivity index (χ2n) is 8.88. The highest BCUT2D eigenvalue weighted by Crippen LogP contribution is 2.26. The molecule has 2 aliphatic rings. The van der Waals surface area contributed by atoms with Gasteiger partial charge in [0.2, 0.25) is 11.9 Å². The van der Waals surface area contributed by atoms with Crippen molar-refractivity contribution in [2.45, 2.75) is 58.0 Å². The Morgan fingerprint density at radius 2 is 1.91 bits per heavy atom. The van der Waals surface area contributed by atoms with Crippen LogP contribution in [0.4, 0.5) is 0 Å². The van der Waals surface area contributed by atoms with Crippen molar-refractivity contribution in [2.24, 2.45) is 0 Å². The molecule has 1 unspecified atom stereocenters. The normalized spacial score (nSPS) is 17.2. The summed E-state index contributed by atoms with van der Waals surface area (Å²) in [5.41, 5.74) is 5.63. The summed E-state index contributed by atoms with van der Waals surface area (Å²) in [5.74, 6) is 0.549. The third kappa shape index (κ3) is 4.43. The SMILES string of the molecule is Cc1cc(C(C(=O)NCc2ccc3c(c2)CCC3)N2CCCCC2)nc(-n2ccnc2)n1. The molecule has 1 amide bonds. The summed E-state index contributed by atoms with van der Waals surface area (Å²) in [6, 6.07) is 8.14. The third-order valence-corrected chi connectivity index (χ3v) is 6.51. The summed E-state index contributed by atoms with van der Waals surface area (Å²) in [6.45, 7) is 4.29. The summed E-state index contributed by atoms with van der Waals surface area (Å²) in [4.78, 5) is 29.2. The number of carbonyl (C=O) groups is 1. The van der Waals surface area contributed by atoms with Crippen LogP contribution in [0.3, 0.4) is 0 Å². The lowest BCUT2D eigenvalue weighted by Crippen LogP contribution is -2.43. The van der Waals surface area contributed by atoms with Crippen molar-refractivity contribution in [3.63, 3.8) is 0 Å². The van der Waals surface area contributed by atoms with Crippen molar-refractivity contribution in [2.75, 3.05) is 13.1 Å². The maximum absolute atomic E-state index is 13.5. The number of likely N-dealkylation sites (tertiary alicyclic amines) is 1. The first-order valence-electron chi connectivity index (χ1n) is 11.6. The Morgan fingerprint density at radius 3 is 2.72 bits per heavy atom. The predicted molar refractivity (Wildman–Crippen MR) is 122 cm³/mol. The maximum atomic E-state index is 13.5. The van der Waals surface area contributed by atoms with E-state index < -0.39 is 6.04 Å². The molecule has 1 fully saturated rings. The molecule has 3 heterocycles. The van der Waals surface area contributed by atoms with Gasteiger partial charge in [-0.2, -0.15) is 0 Å². The van der Waals surface area contributed by atoms with Crippen molar-refractivity contribution < 1.29 is 4.79 Å². The van der Waals surface area contributed by atoms with Crippen LogP contribution in [0.5, 0.6) is 0 Å². The molecule has 166 valence electrons. The first-order chi connectivity index (χ1) is 15.7. The Morgan fingerprint density at radius 1 is 1.06 bits per heavy atom. The Bertz CT molecular complexity index is 1090. The zero-order valence-electron chi connectivity index (χ0n) is 18.6. The third-order valence-electron chi connectivity index (χ3n) is 6.51. The topological polar surface area (TPSA) is 75.9 Å². The molecular weight excluding hydrogens is 400 g/mol. The van der Waals surface area contributed by atoms with Crippen molar-refractivity contribution in [3.8, 4) is 5.95 Å². The average Bonchev–Trinajstić information content (AvgIpc) is 3.50. The molecule has 0 saturated carbocycles. The van der Waals surface area contributed by atoms with E-state index in [1.165, 1.54) is 30.4 Å². The Hall–Kier alpha value is -3.06. The van der Waals surface area contributed by atoms with Crippen molar-refractivity contribution in [3.05, 3.63) is 71.1 Å². The number of rotatable bonds is 6. The monoisotopic (exact) mass is 430 g/mol. The molecule has 3 aromatic rings. The van der Waals surface area contributed by atoms with Gasteiger partial charge in [0, 0.05) is 24.6 Å². The van der Waals surface area contributed by atoms with Crippen LogP contribution in [0.15, 0.2) is 43.0 Å². The highest BCUT2D eigenvalue weighted by Gasteiger charge is 2.30. The number of nitrogens with one attached hydrogen (secondary N) is 1. The van der Waals surface area contributed by atoms with Gasteiger partial charge in [0.05, 0.1) is 5.69 Å². The molecule has 7 nitrogen and oxygen atoms in total. The summed E-state index contributed by atoms with van der Waals surface area (Å²) < 4.78 is 1.78. The number of piperidine rings is 1. The number of nitrogens with zero attached hydrogens (tertiary/aromatic N) is 5. The lowest BCUT2D eigenvalue weighted by molar-refractivity contribution is -0.127. The number of aromatic nitrogens is 4. The lowest BCUT2D eigenvalue weighted by atomic mass is 10.0.